The Kier molecular flexibility index (Phi) is 5.65. The Morgan fingerprint density at radius 2 is 2.27 bits per heavy atom. The largest absolute Gasteiger partial charge is 0.313 e. The van der Waals surface area contributed by atoms with Crippen molar-refractivity contribution >= 4 is 11.8 Å². The molecule has 0 spiro atoms. The number of hydrogen-bond acceptors (Lipinski definition) is 4. The minimum absolute atomic E-state index is 0.559. The third-order valence-electron chi connectivity index (χ3n) is 2.17. The summed E-state index contributed by atoms with van der Waals surface area (Å²) in [5.41, 5.74) is 1.03. The van der Waals surface area contributed by atoms with E-state index in [1.165, 1.54) is 0 Å². The van der Waals surface area contributed by atoms with Crippen LogP contribution in [-0.2, 0) is 0 Å². The van der Waals surface area contributed by atoms with E-state index in [4.69, 9.17) is 0 Å². The third kappa shape index (κ3) is 4.62. The molecule has 1 heterocycles. The summed E-state index contributed by atoms with van der Waals surface area (Å²) < 4.78 is 0. The Balaban J connectivity index is 2.41. The van der Waals surface area contributed by atoms with Crippen LogP contribution in [0.2, 0.25) is 0 Å². The zero-order chi connectivity index (χ0) is 11.1. The summed E-state index contributed by atoms with van der Waals surface area (Å²) >= 11 is 1.72. The molecule has 0 aliphatic rings. The number of nitrogens with zero attached hydrogens (tertiary/aromatic N) is 2. The lowest BCUT2D eigenvalue weighted by Gasteiger charge is -2.14. The molecule has 84 valence electrons. The molecule has 0 saturated heterocycles. The molecule has 15 heavy (non-hydrogen) atoms. The Labute approximate surface area is 96.1 Å². The van der Waals surface area contributed by atoms with E-state index < -0.39 is 0 Å². The minimum atomic E-state index is 0.559. The zero-order valence-corrected chi connectivity index (χ0v) is 10.5. The monoisotopic (exact) mass is 225 g/mol. The quantitative estimate of drug-likeness (QED) is 0.595. The van der Waals surface area contributed by atoms with E-state index in [1.54, 1.807) is 11.8 Å². The first-order chi connectivity index (χ1) is 7.26. The van der Waals surface area contributed by atoms with Gasteiger partial charge < -0.3 is 5.32 Å². The molecule has 0 aliphatic carbocycles. The average Bonchev–Trinajstić information content (AvgIpc) is 2.24. The van der Waals surface area contributed by atoms with Gasteiger partial charge in [0.25, 0.3) is 0 Å². The highest BCUT2D eigenvalue weighted by Gasteiger charge is 2.06. The second-order valence-corrected chi connectivity index (χ2v) is 4.44. The first-order valence-electron chi connectivity index (χ1n) is 5.42. The summed E-state index contributed by atoms with van der Waals surface area (Å²) in [5, 5.41) is 4.32. The van der Waals surface area contributed by atoms with Crippen LogP contribution in [0.25, 0.3) is 0 Å². The molecule has 1 atom stereocenters. The molecule has 0 saturated carbocycles. The summed E-state index contributed by atoms with van der Waals surface area (Å²) in [4.78, 5) is 8.59. The predicted molar refractivity (Wildman–Crippen MR) is 65.2 cm³/mol. The van der Waals surface area contributed by atoms with Gasteiger partial charge in [0.1, 0.15) is 0 Å². The maximum Gasteiger partial charge on any atom is 0.187 e. The van der Waals surface area contributed by atoms with Gasteiger partial charge in [0.2, 0.25) is 0 Å². The molecular weight excluding hydrogens is 206 g/mol. The van der Waals surface area contributed by atoms with Crippen LogP contribution in [0, 0.1) is 6.92 Å². The maximum absolute atomic E-state index is 4.36. The van der Waals surface area contributed by atoms with Gasteiger partial charge in [-0.2, -0.15) is 0 Å². The van der Waals surface area contributed by atoms with Gasteiger partial charge in [0, 0.05) is 23.7 Å². The van der Waals surface area contributed by atoms with Crippen LogP contribution in [0.3, 0.4) is 0 Å². The van der Waals surface area contributed by atoms with Crippen molar-refractivity contribution in [3.63, 3.8) is 0 Å². The number of aromatic nitrogens is 2. The summed E-state index contributed by atoms with van der Waals surface area (Å²) in [6.07, 6.45) is 2.96. The highest BCUT2D eigenvalue weighted by atomic mass is 32.2. The van der Waals surface area contributed by atoms with Crippen molar-refractivity contribution in [1.29, 1.82) is 0 Å². The van der Waals surface area contributed by atoms with Crippen LogP contribution < -0.4 is 5.32 Å². The molecule has 0 bridgehead atoms. The fourth-order valence-electron chi connectivity index (χ4n) is 1.28. The van der Waals surface area contributed by atoms with Crippen LogP contribution in [0.15, 0.2) is 17.4 Å². The molecule has 0 aliphatic heterocycles. The molecule has 3 nitrogen and oxygen atoms in total. The van der Waals surface area contributed by atoms with Crippen molar-refractivity contribution in [1.82, 2.24) is 15.3 Å². The summed E-state index contributed by atoms with van der Waals surface area (Å²) in [6.45, 7) is 7.35. The van der Waals surface area contributed by atoms with E-state index in [-0.39, 0.29) is 0 Å². The SMILES string of the molecule is CCNC(CC)CSc1nccc(C)n1. The Hall–Kier alpha value is -0.610. The van der Waals surface area contributed by atoms with Gasteiger partial charge in [0.05, 0.1) is 0 Å². The van der Waals surface area contributed by atoms with E-state index in [0.717, 1.165) is 29.6 Å². The van der Waals surface area contributed by atoms with Crippen molar-refractivity contribution in [2.24, 2.45) is 0 Å². The Morgan fingerprint density at radius 3 is 2.87 bits per heavy atom. The summed E-state index contributed by atoms with van der Waals surface area (Å²) in [6, 6.07) is 2.48. The van der Waals surface area contributed by atoms with Gasteiger partial charge in [-0.05, 0) is 26.0 Å². The van der Waals surface area contributed by atoms with Gasteiger partial charge in [0.15, 0.2) is 5.16 Å². The normalized spacial score (nSPS) is 12.7. The minimum Gasteiger partial charge on any atom is -0.313 e. The van der Waals surface area contributed by atoms with E-state index in [9.17, 15) is 0 Å². The Bertz CT molecular complexity index is 291. The number of rotatable bonds is 6. The van der Waals surface area contributed by atoms with Crippen LogP contribution in [0.5, 0.6) is 0 Å². The molecule has 0 amide bonds. The van der Waals surface area contributed by atoms with Crippen LogP contribution in [0.4, 0.5) is 0 Å². The summed E-state index contributed by atoms with van der Waals surface area (Å²) in [7, 11) is 0. The van der Waals surface area contributed by atoms with Gasteiger partial charge in [-0.1, -0.05) is 25.6 Å². The lowest BCUT2D eigenvalue weighted by atomic mass is 10.2. The number of aryl methyl sites for hydroxylation is 1. The lowest BCUT2D eigenvalue weighted by Crippen LogP contribution is -2.30. The van der Waals surface area contributed by atoms with E-state index in [1.807, 2.05) is 19.2 Å². The smallest absolute Gasteiger partial charge is 0.187 e. The molecule has 0 radical (unpaired) electrons. The highest BCUT2D eigenvalue weighted by Crippen LogP contribution is 2.14. The van der Waals surface area contributed by atoms with E-state index >= 15 is 0 Å². The van der Waals surface area contributed by atoms with Crippen LogP contribution in [0.1, 0.15) is 26.0 Å². The number of nitrogens with one attached hydrogen (secondary N) is 1. The first kappa shape index (κ1) is 12.5. The summed E-state index contributed by atoms with van der Waals surface area (Å²) in [5.74, 6) is 1.04. The van der Waals surface area contributed by atoms with Crippen LogP contribution >= 0.6 is 11.8 Å². The van der Waals surface area contributed by atoms with Crippen LogP contribution in [-0.4, -0.2) is 28.3 Å². The molecule has 1 unspecified atom stereocenters. The van der Waals surface area contributed by atoms with Crippen molar-refractivity contribution in [3.8, 4) is 0 Å². The van der Waals surface area contributed by atoms with Crippen molar-refractivity contribution < 1.29 is 0 Å². The van der Waals surface area contributed by atoms with E-state index in [0.29, 0.717) is 6.04 Å². The molecule has 0 fully saturated rings. The lowest BCUT2D eigenvalue weighted by molar-refractivity contribution is 0.560. The van der Waals surface area contributed by atoms with Crippen molar-refractivity contribution in [3.05, 3.63) is 18.0 Å². The topological polar surface area (TPSA) is 37.8 Å². The first-order valence-corrected chi connectivity index (χ1v) is 6.40. The second-order valence-electron chi connectivity index (χ2n) is 3.45. The highest BCUT2D eigenvalue weighted by molar-refractivity contribution is 7.99. The van der Waals surface area contributed by atoms with Gasteiger partial charge >= 0.3 is 0 Å². The standard InChI is InChI=1S/C11H19N3S/c1-4-10(12-5-2)8-15-11-13-7-6-9(3)14-11/h6-7,10,12H,4-5,8H2,1-3H3. The maximum atomic E-state index is 4.36. The van der Waals surface area contributed by atoms with Gasteiger partial charge in [-0.15, -0.1) is 0 Å². The molecule has 1 rings (SSSR count). The Morgan fingerprint density at radius 1 is 1.47 bits per heavy atom. The number of thioether (sulfide) groups is 1. The number of hydrogen-bond donors (Lipinski definition) is 1. The molecule has 1 N–H and O–H groups in total. The molecule has 1 aromatic heterocycles. The van der Waals surface area contributed by atoms with Gasteiger partial charge in [-0.25, -0.2) is 9.97 Å². The molecular formula is C11H19N3S. The molecule has 0 aromatic carbocycles. The average molecular weight is 225 g/mol. The van der Waals surface area contributed by atoms with E-state index in [2.05, 4.69) is 29.1 Å². The van der Waals surface area contributed by atoms with Crippen molar-refractivity contribution in [2.45, 2.75) is 38.4 Å². The second kappa shape index (κ2) is 6.80. The molecule has 4 heteroatoms. The van der Waals surface area contributed by atoms with Gasteiger partial charge in [-0.3, -0.25) is 0 Å². The van der Waals surface area contributed by atoms with Crippen molar-refractivity contribution in [2.75, 3.05) is 12.3 Å². The predicted octanol–water partition coefficient (Wildman–Crippen LogP) is 2.27. The molecule has 1 aromatic rings. The fourth-order valence-corrected chi connectivity index (χ4v) is 2.33. The third-order valence-corrected chi connectivity index (χ3v) is 3.20. The zero-order valence-electron chi connectivity index (χ0n) is 9.66. The fraction of sp³-hybridized carbons (Fsp3) is 0.636.